The smallest absolute Gasteiger partial charge is 0.00161 e. The minimum atomic E-state index is 0.721. The molecule has 1 atom stereocenters. The molecule has 2 rings (SSSR count). The van der Waals surface area contributed by atoms with E-state index in [1.165, 1.54) is 71.2 Å². The van der Waals surface area contributed by atoms with E-state index >= 15 is 0 Å². The van der Waals surface area contributed by atoms with Gasteiger partial charge in [0, 0.05) is 0 Å². The van der Waals surface area contributed by atoms with E-state index < -0.39 is 0 Å². The predicted octanol–water partition coefficient (Wildman–Crippen LogP) is 2.31. The van der Waals surface area contributed by atoms with E-state index in [1.807, 2.05) is 0 Å². The molecule has 1 radical (unpaired) electrons. The Morgan fingerprint density at radius 3 is 2.69 bits per heavy atom. The van der Waals surface area contributed by atoms with Crippen molar-refractivity contribution in [2.24, 2.45) is 11.8 Å². The molecule has 93 valence electrons. The molecule has 1 unspecified atom stereocenters. The van der Waals surface area contributed by atoms with Crippen LogP contribution in [0.25, 0.3) is 0 Å². The summed E-state index contributed by atoms with van der Waals surface area (Å²) in [5.41, 5.74) is 0. The summed E-state index contributed by atoms with van der Waals surface area (Å²) in [7, 11) is 0. The van der Waals surface area contributed by atoms with Gasteiger partial charge in [-0.05, 0) is 83.1 Å². The van der Waals surface area contributed by atoms with Crippen molar-refractivity contribution in [1.82, 2.24) is 10.2 Å². The molecule has 2 aliphatic heterocycles. The first-order valence-corrected chi connectivity index (χ1v) is 7.11. The van der Waals surface area contributed by atoms with Crippen molar-refractivity contribution >= 4 is 0 Å². The predicted molar refractivity (Wildman–Crippen MR) is 69.3 cm³/mol. The molecule has 0 saturated carbocycles. The summed E-state index contributed by atoms with van der Waals surface area (Å²) in [4.78, 5) is 2.64. The Kier molecular flexibility index (Phi) is 5.11. The van der Waals surface area contributed by atoms with Crippen LogP contribution >= 0.6 is 0 Å². The van der Waals surface area contributed by atoms with E-state index in [2.05, 4.69) is 17.1 Å². The average molecular weight is 223 g/mol. The Morgan fingerprint density at radius 1 is 1.19 bits per heavy atom. The second kappa shape index (κ2) is 6.61. The van der Waals surface area contributed by atoms with Crippen molar-refractivity contribution < 1.29 is 0 Å². The van der Waals surface area contributed by atoms with Gasteiger partial charge in [-0.25, -0.2) is 0 Å². The van der Waals surface area contributed by atoms with Gasteiger partial charge in [0.05, 0.1) is 0 Å². The third-order valence-electron chi connectivity index (χ3n) is 4.19. The number of hydrogen-bond donors (Lipinski definition) is 1. The summed E-state index contributed by atoms with van der Waals surface area (Å²) in [5, 5.41) is 3.51. The molecule has 1 N–H and O–H groups in total. The molecule has 16 heavy (non-hydrogen) atoms. The summed E-state index contributed by atoms with van der Waals surface area (Å²) < 4.78 is 0. The molecule has 0 aromatic rings. The lowest BCUT2D eigenvalue weighted by atomic mass is 9.94. The average Bonchev–Trinajstić information content (AvgIpc) is 2.33. The molecular weight excluding hydrogens is 196 g/mol. The molecule has 0 aliphatic carbocycles. The second-order valence-corrected chi connectivity index (χ2v) is 5.64. The van der Waals surface area contributed by atoms with Gasteiger partial charge in [0.25, 0.3) is 0 Å². The first-order valence-electron chi connectivity index (χ1n) is 7.11. The monoisotopic (exact) mass is 223 g/mol. The molecule has 0 aromatic heterocycles. The lowest BCUT2D eigenvalue weighted by molar-refractivity contribution is 0.193. The van der Waals surface area contributed by atoms with Crippen molar-refractivity contribution in [1.29, 1.82) is 0 Å². The number of nitrogens with one attached hydrogen (secondary N) is 1. The maximum absolute atomic E-state index is 4.15. The highest BCUT2D eigenvalue weighted by Crippen LogP contribution is 2.19. The highest BCUT2D eigenvalue weighted by Gasteiger charge is 2.16. The molecule has 2 heteroatoms. The van der Waals surface area contributed by atoms with Gasteiger partial charge in [-0.15, -0.1) is 0 Å². The van der Waals surface area contributed by atoms with Crippen LogP contribution in [0.5, 0.6) is 0 Å². The van der Waals surface area contributed by atoms with E-state index in [4.69, 9.17) is 0 Å². The maximum atomic E-state index is 4.15. The molecule has 0 aromatic carbocycles. The lowest BCUT2D eigenvalue weighted by Crippen LogP contribution is -2.34. The number of piperidine rings is 2. The fourth-order valence-corrected chi connectivity index (χ4v) is 2.98. The van der Waals surface area contributed by atoms with Crippen LogP contribution in [-0.4, -0.2) is 37.6 Å². The Bertz CT molecular complexity index is 179. The normalized spacial score (nSPS) is 29.4. The maximum Gasteiger partial charge on any atom is -0.00161 e. The summed E-state index contributed by atoms with van der Waals surface area (Å²) in [5.74, 6) is 1.68. The van der Waals surface area contributed by atoms with Crippen LogP contribution in [0, 0.1) is 18.8 Å². The highest BCUT2D eigenvalue weighted by molar-refractivity contribution is 4.74. The molecule has 2 fully saturated rings. The zero-order chi connectivity index (χ0) is 11.2. The zero-order valence-electron chi connectivity index (χ0n) is 10.6. The number of nitrogens with zero attached hydrogens (tertiary/aromatic N) is 1. The molecule has 2 aliphatic rings. The standard InChI is InChI=1S/C14H27N2/c1-13-6-10-16(11-7-13)9-3-5-14-4-2-8-15-12-14/h13-15H,1-12H2. The third-order valence-corrected chi connectivity index (χ3v) is 4.19. The lowest BCUT2D eigenvalue weighted by Gasteiger charge is -2.31. The summed E-state index contributed by atoms with van der Waals surface area (Å²) >= 11 is 0. The summed E-state index contributed by atoms with van der Waals surface area (Å²) in [6.45, 7) is 10.6. The van der Waals surface area contributed by atoms with Crippen molar-refractivity contribution in [2.45, 2.75) is 38.5 Å². The van der Waals surface area contributed by atoms with E-state index in [1.54, 1.807) is 0 Å². The first kappa shape index (κ1) is 12.4. The van der Waals surface area contributed by atoms with Crippen molar-refractivity contribution in [2.75, 3.05) is 32.7 Å². The van der Waals surface area contributed by atoms with Crippen molar-refractivity contribution in [3.8, 4) is 0 Å². The number of hydrogen-bond acceptors (Lipinski definition) is 2. The van der Waals surface area contributed by atoms with E-state index in [0.717, 1.165) is 11.8 Å². The van der Waals surface area contributed by atoms with Crippen LogP contribution in [0.1, 0.15) is 38.5 Å². The minimum absolute atomic E-state index is 0.721. The van der Waals surface area contributed by atoms with Crippen LogP contribution < -0.4 is 5.32 Å². The van der Waals surface area contributed by atoms with Gasteiger partial charge in [0.15, 0.2) is 0 Å². The van der Waals surface area contributed by atoms with Crippen LogP contribution in [0.2, 0.25) is 0 Å². The van der Waals surface area contributed by atoms with Gasteiger partial charge in [-0.3, -0.25) is 0 Å². The Balaban J connectivity index is 1.53. The number of rotatable bonds is 4. The molecule has 0 bridgehead atoms. The van der Waals surface area contributed by atoms with Gasteiger partial charge in [0.1, 0.15) is 0 Å². The molecule has 2 nitrogen and oxygen atoms in total. The summed E-state index contributed by atoms with van der Waals surface area (Å²) in [6.07, 6.45) is 8.28. The van der Waals surface area contributed by atoms with Crippen LogP contribution in [-0.2, 0) is 0 Å². The van der Waals surface area contributed by atoms with Crippen LogP contribution in [0.4, 0.5) is 0 Å². The Labute approximate surface area is 101 Å². The number of likely N-dealkylation sites (tertiary alicyclic amines) is 1. The third kappa shape index (κ3) is 4.06. The Morgan fingerprint density at radius 2 is 2.00 bits per heavy atom. The van der Waals surface area contributed by atoms with Crippen molar-refractivity contribution in [3.05, 3.63) is 6.92 Å². The quantitative estimate of drug-likeness (QED) is 0.787. The molecule has 2 heterocycles. The highest BCUT2D eigenvalue weighted by atomic mass is 15.1. The minimum Gasteiger partial charge on any atom is -0.316 e. The Hall–Kier alpha value is -0.0800. The van der Waals surface area contributed by atoms with Crippen molar-refractivity contribution in [3.63, 3.8) is 0 Å². The summed E-state index contributed by atoms with van der Waals surface area (Å²) in [6, 6.07) is 0. The van der Waals surface area contributed by atoms with Crippen LogP contribution in [0.3, 0.4) is 0 Å². The van der Waals surface area contributed by atoms with E-state index in [9.17, 15) is 0 Å². The van der Waals surface area contributed by atoms with Gasteiger partial charge in [-0.1, -0.05) is 6.92 Å². The first-order chi connectivity index (χ1) is 7.84. The second-order valence-electron chi connectivity index (χ2n) is 5.64. The largest absolute Gasteiger partial charge is 0.316 e. The molecule has 0 spiro atoms. The van der Waals surface area contributed by atoms with Gasteiger partial charge >= 0.3 is 0 Å². The molecular formula is C14H27N2. The topological polar surface area (TPSA) is 15.3 Å². The van der Waals surface area contributed by atoms with Gasteiger partial charge in [-0.2, -0.15) is 0 Å². The van der Waals surface area contributed by atoms with E-state index in [-0.39, 0.29) is 0 Å². The van der Waals surface area contributed by atoms with E-state index in [0.29, 0.717) is 0 Å². The van der Waals surface area contributed by atoms with Gasteiger partial charge in [0.2, 0.25) is 0 Å². The fraction of sp³-hybridized carbons (Fsp3) is 0.929. The molecule has 0 amide bonds. The molecule has 2 saturated heterocycles. The van der Waals surface area contributed by atoms with Crippen LogP contribution in [0.15, 0.2) is 0 Å². The zero-order valence-corrected chi connectivity index (χ0v) is 10.6. The van der Waals surface area contributed by atoms with Gasteiger partial charge < -0.3 is 10.2 Å². The SMILES string of the molecule is [CH2]C1CCN(CCCC2CCCNC2)CC1. The fourth-order valence-electron chi connectivity index (χ4n) is 2.98.